The highest BCUT2D eigenvalue weighted by molar-refractivity contribution is 9.08. The van der Waals surface area contributed by atoms with Crippen LogP contribution in [0.3, 0.4) is 0 Å². The van der Waals surface area contributed by atoms with Crippen molar-refractivity contribution < 1.29 is 13.9 Å². The van der Waals surface area contributed by atoms with E-state index in [0.717, 1.165) is 5.33 Å². The number of rotatable bonds is 5. The van der Waals surface area contributed by atoms with E-state index in [0.29, 0.717) is 11.3 Å². The third kappa shape index (κ3) is 3.47. The van der Waals surface area contributed by atoms with E-state index in [4.69, 9.17) is 9.47 Å². The van der Waals surface area contributed by atoms with Crippen LogP contribution in [0.25, 0.3) is 0 Å². The minimum atomic E-state index is -0.373. The van der Waals surface area contributed by atoms with Gasteiger partial charge in [0.25, 0.3) is 0 Å². The van der Waals surface area contributed by atoms with Crippen molar-refractivity contribution in [2.45, 2.75) is 11.9 Å². The first-order valence-electron chi connectivity index (χ1n) is 5.83. The fourth-order valence-electron chi connectivity index (χ4n) is 1.66. The highest BCUT2D eigenvalue weighted by atomic mass is 79.9. The molecule has 2 nitrogen and oxygen atoms in total. The molecule has 0 aliphatic rings. The Kier molecular flexibility index (Phi) is 4.80. The van der Waals surface area contributed by atoms with E-state index in [1.54, 1.807) is 18.2 Å². The summed E-state index contributed by atoms with van der Waals surface area (Å²) in [6.45, 7) is 0.177. The molecular formula is C15H14BrFO2. The summed E-state index contributed by atoms with van der Waals surface area (Å²) in [6.07, 6.45) is 0. The molecule has 2 aromatic carbocycles. The molecule has 4 heteroatoms. The largest absolute Gasteiger partial charge is 0.494 e. The van der Waals surface area contributed by atoms with Gasteiger partial charge in [0.15, 0.2) is 11.6 Å². The Hall–Kier alpha value is -1.55. The van der Waals surface area contributed by atoms with Crippen molar-refractivity contribution in [2.75, 3.05) is 7.11 Å². The van der Waals surface area contributed by atoms with E-state index in [1.165, 1.54) is 12.7 Å². The molecular weight excluding hydrogens is 311 g/mol. The van der Waals surface area contributed by atoms with E-state index in [1.807, 2.05) is 24.3 Å². The molecule has 2 rings (SSSR count). The monoisotopic (exact) mass is 324 g/mol. The summed E-state index contributed by atoms with van der Waals surface area (Å²) in [5.74, 6) is 0.574. The Morgan fingerprint density at radius 1 is 1.11 bits per heavy atom. The zero-order valence-electron chi connectivity index (χ0n) is 10.5. The molecule has 0 saturated heterocycles. The van der Waals surface area contributed by atoms with Gasteiger partial charge in [0.2, 0.25) is 0 Å². The standard InChI is InChI=1S/C15H14BrFO2/c1-18-14-4-2-3-12(15(14)17)10-19-13-7-5-11(9-16)6-8-13/h2-8H,9-10H2,1H3. The normalized spacial score (nSPS) is 10.3. The third-order valence-electron chi connectivity index (χ3n) is 2.74. The number of methoxy groups -OCH3 is 1. The molecule has 0 aromatic heterocycles. The van der Waals surface area contributed by atoms with E-state index in [9.17, 15) is 4.39 Å². The number of ether oxygens (including phenoxy) is 2. The SMILES string of the molecule is COc1cccc(COc2ccc(CBr)cc2)c1F. The maximum atomic E-state index is 13.9. The fraction of sp³-hybridized carbons (Fsp3) is 0.200. The molecule has 0 aliphatic carbocycles. The topological polar surface area (TPSA) is 18.5 Å². The van der Waals surface area contributed by atoms with Gasteiger partial charge in [-0.3, -0.25) is 0 Å². The summed E-state index contributed by atoms with van der Waals surface area (Å²) in [4.78, 5) is 0. The zero-order valence-corrected chi connectivity index (χ0v) is 12.1. The second-order valence-corrected chi connectivity index (χ2v) is 4.56. The van der Waals surface area contributed by atoms with Gasteiger partial charge in [-0.25, -0.2) is 4.39 Å². The van der Waals surface area contributed by atoms with E-state index < -0.39 is 0 Å². The molecule has 19 heavy (non-hydrogen) atoms. The zero-order chi connectivity index (χ0) is 13.7. The van der Waals surface area contributed by atoms with Gasteiger partial charge in [-0.2, -0.15) is 0 Å². The summed E-state index contributed by atoms with van der Waals surface area (Å²) in [6, 6.07) is 12.7. The lowest BCUT2D eigenvalue weighted by Crippen LogP contribution is -2.00. The number of halogens is 2. The van der Waals surface area contributed by atoms with Crippen LogP contribution in [0, 0.1) is 5.82 Å². The van der Waals surface area contributed by atoms with Crippen LogP contribution in [-0.2, 0) is 11.9 Å². The van der Waals surface area contributed by atoms with Gasteiger partial charge in [-0.05, 0) is 23.8 Å². The van der Waals surface area contributed by atoms with E-state index in [-0.39, 0.29) is 18.2 Å². The number of alkyl halides is 1. The van der Waals surface area contributed by atoms with Crippen LogP contribution in [0.5, 0.6) is 11.5 Å². The van der Waals surface area contributed by atoms with Crippen molar-refractivity contribution in [2.24, 2.45) is 0 Å². The number of hydrogen-bond donors (Lipinski definition) is 0. The van der Waals surface area contributed by atoms with Crippen molar-refractivity contribution in [3.63, 3.8) is 0 Å². The van der Waals surface area contributed by atoms with Gasteiger partial charge >= 0.3 is 0 Å². The van der Waals surface area contributed by atoms with Crippen molar-refractivity contribution in [3.8, 4) is 11.5 Å². The summed E-state index contributed by atoms with van der Waals surface area (Å²) >= 11 is 3.38. The van der Waals surface area contributed by atoms with Crippen LogP contribution in [-0.4, -0.2) is 7.11 Å². The molecule has 0 saturated carbocycles. The first-order chi connectivity index (χ1) is 9.24. The van der Waals surface area contributed by atoms with Gasteiger partial charge in [0.05, 0.1) is 7.11 Å². The van der Waals surface area contributed by atoms with Crippen LogP contribution in [0.1, 0.15) is 11.1 Å². The highest BCUT2D eigenvalue weighted by Crippen LogP contribution is 2.22. The van der Waals surface area contributed by atoms with Crippen LogP contribution in [0.2, 0.25) is 0 Å². The van der Waals surface area contributed by atoms with Gasteiger partial charge < -0.3 is 9.47 Å². The van der Waals surface area contributed by atoms with Gasteiger partial charge in [-0.15, -0.1) is 0 Å². The van der Waals surface area contributed by atoms with Crippen LogP contribution in [0.4, 0.5) is 4.39 Å². The molecule has 0 heterocycles. The Morgan fingerprint density at radius 2 is 1.84 bits per heavy atom. The predicted octanol–water partition coefficient (Wildman–Crippen LogP) is 4.31. The van der Waals surface area contributed by atoms with Gasteiger partial charge in [0, 0.05) is 10.9 Å². The third-order valence-corrected chi connectivity index (χ3v) is 3.38. The van der Waals surface area contributed by atoms with Crippen LogP contribution >= 0.6 is 15.9 Å². The summed E-state index contributed by atoms with van der Waals surface area (Å²) in [5, 5.41) is 0.803. The molecule has 0 unspecified atom stereocenters. The predicted molar refractivity (Wildman–Crippen MR) is 76.4 cm³/mol. The summed E-state index contributed by atoms with van der Waals surface area (Å²) < 4.78 is 24.4. The van der Waals surface area contributed by atoms with Gasteiger partial charge in [0.1, 0.15) is 12.4 Å². The molecule has 100 valence electrons. The smallest absolute Gasteiger partial charge is 0.171 e. The lowest BCUT2D eigenvalue weighted by atomic mass is 10.2. The number of hydrogen-bond acceptors (Lipinski definition) is 2. The minimum Gasteiger partial charge on any atom is -0.494 e. The Balaban J connectivity index is 2.05. The molecule has 0 aliphatic heterocycles. The highest BCUT2D eigenvalue weighted by Gasteiger charge is 2.08. The molecule has 0 fully saturated rings. The van der Waals surface area contributed by atoms with Crippen molar-refractivity contribution in [1.29, 1.82) is 0 Å². The maximum absolute atomic E-state index is 13.9. The Labute approximate surface area is 120 Å². The van der Waals surface area contributed by atoms with Crippen molar-refractivity contribution in [1.82, 2.24) is 0 Å². The Morgan fingerprint density at radius 3 is 2.47 bits per heavy atom. The van der Waals surface area contributed by atoms with Crippen molar-refractivity contribution >= 4 is 15.9 Å². The van der Waals surface area contributed by atoms with Crippen LogP contribution in [0.15, 0.2) is 42.5 Å². The maximum Gasteiger partial charge on any atom is 0.171 e. The Bertz CT molecular complexity index is 540. The number of benzene rings is 2. The van der Waals surface area contributed by atoms with E-state index in [2.05, 4.69) is 15.9 Å². The molecule has 2 aromatic rings. The second-order valence-electron chi connectivity index (χ2n) is 4.00. The lowest BCUT2D eigenvalue weighted by molar-refractivity contribution is 0.295. The average molecular weight is 325 g/mol. The minimum absolute atomic E-state index is 0.177. The van der Waals surface area contributed by atoms with Crippen LogP contribution < -0.4 is 9.47 Å². The summed E-state index contributed by atoms with van der Waals surface area (Å²) in [7, 11) is 1.45. The first kappa shape index (κ1) is 13.9. The second kappa shape index (κ2) is 6.57. The molecule has 0 bridgehead atoms. The molecule has 0 radical (unpaired) electrons. The summed E-state index contributed by atoms with van der Waals surface area (Å²) in [5.41, 5.74) is 1.64. The molecule has 0 N–H and O–H groups in total. The quantitative estimate of drug-likeness (QED) is 0.763. The molecule has 0 amide bonds. The van der Waals surface area contributed by atoms with Crippen molar-refractivity contribution in [3.05, 3.63) is 59.4 Å². The van der Waals surface area contributed by atoms with E-state index >= 15 is 0 Å². The molecule has 0 spiro atoms. The fourth-order valence-corrected chi connectivity index (χ4v) is 2.04. The lowest BCUT2D eigenvalue weighted by Gasteiger charge is -2.09. The average Bonchev–Trinajstić information content (AvgIpc) is 2.47. The molecule has 0 atom stereocenters. The van der Waals surface area contributed by atoms with Gasteiger partial charge in [-0.1, -0.05) is 40.2 Å². The first-order valence-corrected chi connectivity index (χ1v) is 6.96.